The maximum absolute atomic E-state index is 5.36. The van der Waals surface area contributed by atoms with E-state index >= 15 is 0 Å². The quantitative estimate of drug-likeness (QED) is 0.451. The van der Waals surface area contributed by atoms with Crippen LogP contribution in [-0.4, -0.2) is 35.1 Å². The lowest BCUT2D eigenvalue weighted by atomic mass is 10.6. The maximum Gasteiger partial charge on any atom is 0.0701 e. The minimum absolute atomic E-state index is 0.0210. The zero-order valence-electron chi connectivity index (χ0n) is 5.22. The van der Waals surface area contributed by atoms with Gasteiger partial charge in [-0.15, -0.1) is 0 Å². The van der Waals surface area contributed by atoms with E-state index in [-0.39, 0.29) is 9.52 Å². The van der Waals surface area contributed by atoms with Crippen molar-refractivity contribution >= 4 is 9.52 Å². The average molecular weight is 132 g/mol. The normalized spacial score (nSPS) is 31.9. The Kier molecular flexibility index (Phi) is 2.52. The van der Waals surface area contributed by atoms with E-state index in [1.54, 1.807) is 0 Å². The third-order valence-corrected chi connectivity index (χ3v) is 2.72. The predicted octanol–water partition coefficient (Wildman–Crippen LogP) is -0.424. The van der Waals surface area contributed by atoms with Gasteiger partial charge in [-0.2, -0.15) is 0 Å². The lowest BCUT2D eigenvalue weighted by Crippen LogP contribution is -2.32. The zero-order valence-corrected chi connectivity index (χ0v) is 6.64. The van der Waals surface area contributed by atoms with Crippen LogP contribution in [0.5, 0.6) is 0 Å². The minimum Gasteiger partial charge on any atom is -0.378 e. The first kappa shape index (κ1) is 6.26. The van der Waals surface area contributed by atoms with Crippen LogP contribution in [0.3, 0.4) is 0 Å². The Morgan fingerprint density at radius 2 is 2.38 bits per heavy atom. The zero-order chi connectivity index (χ0) is 5.82. The van der Waals surface area contributed by atoms with Crippen LogP contribution >= 0.6 is 0 Å². The van der Waals surface area contributed by atoms with Gasteiger partial charge >= 0.3 is 0 Å². The largest absolute Gasteiger partial charge is 0.378 e. The van der Waals surface area contributed by atoms with Crippen molar-refractivity contribution < 1.29 is 9.47 Å². The van der Waals surface area contributed by atoms with Crippen molar-refractivity contribution in [1.29, 1.82) is 0 Å². The molecule has 0 saturated carbocycles. The highest BCUT2D eigenvalue weighted by atomic mass is 28.2. The Morgan fingerprint density at radius 1 is 1.50 bits per heavy atom. The molecule has 2 nitrogen and oxygen atoms in total. The summed E-state index contributed by atoms with van der Waals surface area (Å²) in [7, 11) is 0.0210. The van der Waals surface area contributed by atoms with Crippen molar-refractivity contribution in [1.82, 2.24) is 0 Å². The third-order valence-electron chi connectivity index (χ3n) is 1.34. The van der Waals surface area contributed by atoms with E-state index < -0.39 is 0 Å². The molecule has 0 spiro atoms. The van der Waals surface area contributed by atoms with E-state index in [1.165, 1.54) is 0 Å². The smallest absolute Gasteiger partial charge is 0.0701 e. The Labute approximate surface area is 52.0 Å². The molecule has 1 saturated heterocycles. The molecule has 3 heteroatoms. The summed E-state index contributed by atoms with van der Waals surface area (Å²) in [6.07, 6.45) is 0. The van der Waals surface area contributed by atoms with E-state index in [2.05, 4.69) is 6.55 Å². The van der Waals surface area contributed by atoms with Gasteiger partial charge in [0, 0.05) is 0 Å². The van der Waals surface area contributed by atoms with Crippen molar-refractivity contribution in [2.75, 3.05) is 19.8 Å². The second-order valence-electron chi connectivity index (χ2n) is 1.98. The lowest BCUT2D eigenvalue weighted by Gasteiger charge is -2.20. The highest BCUT2D eigenvalue weighted by Crippen LogP contribution is 1.97. The Hall–Kier alpha value is 0.137. The van der Waals surface area contributed by atoms with E-state index in [0.29, 0.717) is 5.73 Å². The molecule has 1 unspecified atom stereocenters. The lowest BCUT2D eigenvalue weighted by molar-refractivity contribution is -0.0548. The van der Waals surface area contributed by atoms with Crippen LogP contribution in [0.2, 0.25) is 6.55 Å². The van der Waals surface area contributed by atoms with E-state index in [4.69, 9.17) is 9.47 Å². The molecule has 8 heavy (non-hydrogen) atoms. The fourth-order valence-corrected chi connectivity index (χ4v) is 1.58. The Morgan fingerprint density at radius 3 is 2.75 bits per heavy atom. The van der Waals surface area contributed by atoms with E-state index in [9.17, 15) is 0 Å². The topological polar surface area (TPSA) is 18.5 Å². The molecule has 1 rings (SSSR count). The molecule has 0 aromatic carbocycles. The van der Waals surface area contributed by atoms with Crippen LogP contribution in [0.25, 0.3) is 0 Å². The molecule has 0 radical (unpaired) electrons. The molecule has 0 bridgehead atoms. The van der Waals surface area contributed by atoms with Crippen molar-refractivity contribution in [3.05, 3.63) is 0 Å². The molecule has 0 aromatic heterocycles. The minimum atomic E-state index is 0.0210. The molecule has 0 amide bonds. The van der Waals surface area contributed by atoms with Gasteiger partial charge in [-0.25, -0.2) is 0 Å². The number of rotatable bonds is 1. The summed E-state index contributed by atoms with van der Waals surface area (Å²) in [5.41, 5.74) is 0.503. The molecule has 1 aliphatic rings. The van der Waals surface area contributed by atoms with Crippen LogP contribution in [0, 0.1) is 0 Å². The van der Waals surface area contributed by atoms with Crippen LogP contribution in [0.1, 0.15) is 0 Å². The molecule has 48 valence electrons. The summed E-state index contributed by atoms with van der Waals surface area (Å²) < 4.78 is 10.5. The molecular formula is C5H12O2Si. The molecule has 0 aliphatic carbocycles. The van der Waals surface area contributed by atoms with Crippen LogP contribution in [0.4, 0.5) is 0 Å². The van der Waals surface area contributed by atoms with Gasteiger partial charge in [-0.05, 0) is 0 Å². The standard InChI is InChI=1S/C5H12O2Si/c1-8-5-4-6-2-3-7-5/h5H,2-4,8H2,1H3. The second kappa shape index (κ2) is 3.22. The molecule has 0 aromatic rings. The molecular weight excluding hydrogens is 120 g/mol. The summed E-state index contributed by atoms with van der Waals surface area (Å²) in [5.74, 6) is 0. The monoisotopic (exact) mass is 132 g/mol. The SMILES string of the molecule is C[SiH2]C1COCCO1. The van der Waals surface area contributed by atoms with Gasteiger partial charge in [0.15, 0.2) is 0 Å². The Bertz CT molecular complexity index is 61.4. The fourth-order valence-electron chi connectivity index (χ4n) is 0.772. The number of hydrogen-bond acceptors (Lipinski definition) is 2. The van der Waals surface area contributed by atoms with Gasteiger partial charge in [0.1, 0.15) is 0 Å². The second-order valence-corrected chi connectivity index (χ2v) is 3.70. The predicted molar refractivity (Wildman–Crippen MR) is 35.0 cm³/mol. The van der Waals surface area contributed by atoms with Crippen LogP contribution in [-0.2, 0) is 9.47 Å². The van der Waals surface area contributed by atoms with Gasteiger partial charge in [0.2, 0.25) is 0 Å². The van der Waals surface area contributed by atoms with Crippen molar-refractivity contribution in [2.45, 2.75) is 12.3 Å². The third kappa shape index (κ3) is 1.58. The first-order valence-corrected chi connectivity index (χ1v) is 5.36. The molecule has 1 fully saturated rings. The summed E-state index contributed by atoms with van der Waals surface area (Å²) in [6, 6.07) is 0. The van der Waals surface area contributed by atoms with Gasteiger partial charge in [-0.1, -0.05) is 6.55 Å². The van der Waals surface area contributed by atoms with Crippen molar-refractivity contribution in [2.24, 2.45) is 0 Å². The van der Waals surface area contributed by atoms with Crippen molar-refractivity contribution in [3.8, 4) is 0 Å². The highest BCUT2D eigenvalue weighted by Gasteiger charge is 2.10. The van der Waals surface area contributed by atoms with Crippen LogP contribution in [0.15, 0.2) is 0 Å². The molecule has 0 N–H and O–H groups in total. The first-order valence-electron chi connectivity index (χ1n) is 3.13. The van der Waals surface area contributed by atoms with E-state index in [1.807, 2.05) is 0 Å². The number of hydrogen-bond donors (Lipinski definition) is 0. The summed E-state index contributed by atoms with van der Waals surface area (Å²) in [6.45, 7) is 4.71. The first-order chi connectivity index (χ1) is 3.93. The van der Waals surface area contributed by atoms with Gasteiger partial charge < -0.3 is 9.47 Å². The van der Waals surface area contributed by atoms with Gasteiger partial charge in [0.25, 0.3) is 0 Å². The molecule has 1 aliphatic heterocycles. The maximum atomic E-state index is 5.36. The van der Waals surface area contributed by atoms with Crippen LogP contribution < -0.4 is 0 Å². The summed E-state index contributed by atoms with van der Waals surface area (Å²) in [4.78, 5) is 0. The average Bonchev–Trinajstić information content (AvgIpc) is 1.90. The van der Waals surface area contributed by atoms with Gasteiger partial charge in [-0.3, -0.25) is 0 Å². The van der Waals surface area contributed by atoms with E-state index in [0.717, 1.165) is 19.8 Å². The fraction of sp³-hybridized carbons (Fsp3) is 1.00. The molecule has 1 heterocycles. The summed E-state index contributed by atoms with van der Waals surface area (Å²) >= 11 is 0. The highest BCUT2D eigenvalue weighted by molar-refractivity contribution is 6.35. The molecule has 1 atom stereocenters. The Balaban J connectivity index is 2.13. The van der Waals surface area contributed by atoms with Crippen molar-refractivity contribution in [3.63, 3.8) is 0 Å². The number of ether oxygens (including phenoxy) is 2. The van der Waals surface area contributed by atoms with Gasteiger partial charge in [0.05, 0.1) is 35.1 Å². The summed E-state index contributed by atoms with van der Waals surface area (Å²) in [5, 5.41) is 0.